The molecular formula is C16H25FN2O. The number of aliphatic hydroxyl groups excluding tert-OH is 1. The third-order valence-corrected chi connectivity index (χ3v) is 4.10. The Kier molecular flexibility index (Phi) is 5.52. The predicted octanol–water partition coefficient (Wildman–Crippen LogP) is 2.24. The molecule has 1 unspecified atom stereocenters. The Labute approximate surface area is 120 Å². The fourth-order valence-corrected chi connectivity index (χ4v) is 2.64. The van der Waals surface area contributed by atoms with Crippen molar-refractivity contribution in [1.82, 2.24) is 10.2 Å². The normalized spacial score (nSPS) is 16.6. The average Bonchev–Trinajstić information content (AvgIpc) is 3.26. The molecule has 0 aliphatic heterocycles. The molecular weight excluding hydrogens is 255 g/mol. The molecule has 0 bridgehead atoms. The maximum atomic E-state index is 13.7. The van der Waals surface area contributed by atoms with Gasteiger partial charge in [-0.25, -0.2) is 4.39 Å². The van der Waals surface area contributed by atoms with E-state index >= 15 is 0 Å². The first-order chi connectivity index (χ1) is 9.65. The first kappa shape index (κ1) is 15.4. The summed E-state index contributed by atoms with van der Waals surface area (Å²) >= 11 is 0. The van der Waals surface area contributed by atoms with Crippen LogP contribution in [-0.4, -0.2) is 42.8 Å². The molecule has 3 nitrogen and oxygen atoms in total. The molecule has 1 aliphatic carbocycles. The van der Waals surface area contributed by atoms with E-state index in [0.29, 0.717) is 11.6 Å². The highest BCUT2D eigenvalue weighted by Crippen LogP contribution is 2.28. The fraction of sp³-hybridized carbons (Fsp3) is 0.625. The summed E-state index contributed by atoms with van der Waals surface area (Å²) in [7, 11) is 1.91. The lowest BCUT2D eigenvalue weighted by atomic mass is 10.0. The summed E-state index contributed by atoms with van der Waals surface area (Å²) in [6.45, 7) is 3.67. The molecule has 20 heavy (non-hydrogen) atoms. The smallest absolute Gasteiger partial charge is 0.126 e. The van der Waals surface area contributed by atoms with Crippen molar-refractivity contribution in [3.8, 4) is 0 Å². The molecule has 0 radical (unpaired) electrons. The zero-order valence-corrected chi connectivity index (χ0v) is 12.4. The van der Waals surface area contributed by atoms with Crippen LogP contribution in [0.1, 0.15) is 36.4 Å². The van der Waals surface area contributed by atoms with E-state index in [1.165, 1.54) is 12.8 Å². The van der Waals surface area contributed by atoms with Gasteiger partial charge < -0.3 is 10.4 Å². The third kappa shape index (κ3) is 4.01. The molecule has 2 N–H and O–H groups in total. The lowest BCUT2D eigenvalue weighted by molar-refractivity contribution is 0.183. The van der Waals surface area contributed by atoms with E-state index in [2.05, 4.69) is 10.2 Å². The van der Waals surface area contributed by atoms with Gasteiger partial charge in [0.05, 0.1) is 6.61 Å². The van der Waals surface area contributed by atoms with E-state index in [9.17, 15) is 4.39 Å². The summed E-state index contributed by atoms with van der Waals surface area (Å²) in [5, 5.41) is 12.4. The molecule has 1 aromatic rings. The van der Waals surface area contributed by atoms with E-state index in [4.69, 9.17) is 5.11 Å². The lowest BCUT2D eigenvalue weighted by Gasteiger charge is -2.24. The van der Waals surface area contributed by atoms with Crippen molar-refractivity contribution in [3.63, 3.8) is 0 Å². The molecule has 1 atom stereocenters. The zero-order valence-electron chi connectivity index (χ0n) is 12.4. The molecule has 2 rings (SSSR count). The fourth-order valence-electron chi connectivity index (χ4n) is 2.64. The van der Waals surface area contributed by atoms with Crippen LogP contribution in [0, 0.1) is 12.7 Å². The molecule has 0 aromatic heterocycles. The summed E-state index contributed by atoms with van der Waals surface area (Å²) in [6, 6.07) is 6.26. The first-order valence-corrected chi connectivity index (χ1v) is 7.44. The van der Waals surface area contributed by atoms with Crippen molar-refractivity contribution < 1.29 is 9.50 Å². The second-order valence-electron chi connectivity index (χ2n) is 5.63. The van der Waals surface area contributed by atoms with Crippen molar-refractivity contribution in [3.05, 3.63) is 35.1 Å². The molecule has 0 amide bonds. The van der Waals surface area contributed by atoms with Crippen LogP contribution in [-0.2, 0) is 0 Å². The van der Waals surface area contributed by atoms with Crippen molar-refractivity contribution in [2.75, 3.05) is 26.7 Å². The number of nitrogens with one attached hydrogen (secondary N) is 1. The lowest BCUT2D eigenvalue weighted by Crippen LogP contribution is -2.32. The highest BCUT2D eigenvalue weighted by molar-refractivity contribution is 5.25. The second-order valence-corrected chi connectivity index (χ2v) is 5.63. The van der Waals surface area contributed by atoms with E-state index in [1.807, 2.05) is 19.2 Å². The van der Waals surface area contributed by atoms with Crippen molar-refractivity contribution in [2.45, 2.75) is 38.3 Å². The molecule has 1 aliphatic rings. The van der Waals surface area contributed by atoms with E-state index < -0.39 is 0 Å². The maximum absolute atomic E-state index is 13.7. The minimum absolute atomic E-state index is 0.142. The highest BCUT2D eigenvalue weighted by atomic mass is 19.1. The Morgan fingerprint density at radius 1 is 1.40 bits per heavy atom. The zero-order chi connectivity index (χ0) is 14.5. The number of hydrogen-bond donors (Lipinski definition) is 2. The van der Waals surface area contributed by atoms with Crippen LogP contribution in [0.15, 0.2) is 18.2 Å². The molecule has 1 aromatic carbocycles. The molecule has 112 valence electrons. The molecule has 0 saturated heterocycles. The molecule has 1 fully saturated rings. The number of halogens is 1. The summed E-state index contributed by atoms with van der Waals surface area (Å²) in [6.07, 6.45) is 3.41. The maximum Gasteiger partial charge on any atom is 0.126 e. The summed E-state index contributed by atoms with van der Waals surface area (Å²) in [4.78, 5) is 2.34. The van der Waals surface area contributed by atoms with Crippen LogP contribution in [0.5, 0.6) is 0 Å². The van der Waals surface area contributed by atoms with E-state index in [-0.39, 0.29) is 18.5 Å². The number of benzene rings is 1. The Morgan fingerprint density at radius 2 is 2.15 bits per heavy atom. The SMILES string of the molecule is CNC(CCN(CCO)C1CC1)c1ccc(C)c(F)c1. The summed E-state index contributed by atoms with van der Waals surface area (Å²) in [5.41, 5.74) is 1.68. The Hall–Kier alpha value is -0.970. The molecule has 0 spiro atoms. The Morgan fingerprint density at radius 3 is 2.70 bits per heavy atom. The average molecular weight is 280 g/mol. The van der Waals surface area contributed by atoms with Gasteiger partial charge in [-0.2, -0.15) is 0 Å². The van der Waals surface area contributed by atoms with Gasteiger partial charge in [0.2, 0.25) is 0 Å². The van der Waals surface area contributed by atoms with E-state index in [0.717, 1.165) is 25.1 Å². The number of aliphatic hydroxyl groups is 1. The summed E-state index contributed by atoms with van der Waals surface area (Å²) < 4.78 is 13.7. The quantitative estimate of drug-likeness (QED) is 0.766. The van der Waals surface area contributed by atoms with Crippen LogP contribution < -0.4 is 5.32 Å². The molecule has 1 saturated carbocycles. The number of aryl methyl sites for hydroxylation is 1. The van der Waals surface area contributed by atoms with Crippen molar-refractivity contribution in [2.24, 2.45) is 0 Å². The minimum atomic E-state index is -0.142. The van der Waals surface area contributed by atoms with Crippen LogP contribution in [0.3, 0.4) is 0 Å². The van der Waals surface area contributed by atoms with Crippen molar-refractivity contribution >= 4 is 0 Å². The minimum Gasteiger partial charge on any atom is -0.395 e. The van der Waals surface area contributed by atoms with Gasteiger partial charge >= 0.3 is 0 Å². The van der Waals surface area contributed by atoms with Crippen LogP contribution in [0.25, 0.3) is 0 Å². The van der Waals surface area contributed by atoms with Gasteiger partial charge in [0.1, 0.15) is 5.82 Å². The van der Waals surface area contributed by atoms with Gasteiger partial charge in [-0.05, 0) is 50.4 Å². The van der Waals surface area contributed by atoms with Crippen LogP contribution in [0.4, 0.5) is 4.39 Å². The van der Waals surface area contributed by atoms with Crippen LogP contribution >= 0.6 is 0 Å². The Bertz CT molecular complexity index is 434. The Balaban J connectivity index is 1.95. The number of rotatable bonds is 8. The van der Waals surface area contributed by atoms with Crippen molar-refractivity contribution in [1.29, 1.82) is 0 Å². The van der Waals surface area contributed by atoms with Gasteiger partial charge in [0.25, 0.3) is 0 Å². The van der Waals surface area contributed by atoms with E-state index in [1.54, 1.807) is 13.0 Å². The standard InChI is InChI=1S/C16H25FN2O/c1-12-3-4-13(11-15(12)17)16(18-2)7-8-19(9-10-20)14-5-6-14/h3-4,11,14,16,18,20H,5-10H2,1-2H3. The monoisotopic (exact) mass is 280 g/mol. The highest BCUT2D eigenvalue weighted by Gasteiger charge is 2.28. The third-order valence-electron chi connectivity index (χ3n) is 4.10. The second kappa shape index (κ2) is 7.16. The van der Waals surface area contributed by atoms with Gasteiger partial charge in [-0.3, -0.25) is 4.90 Å². The molecule has 0 heterocycles. The number of nitrogens with zero attached hydrogens (tertiary/aromatic N) is 1. The predicted molar refractivity (Wildman–Crippen MR) is 79.2 cm³/mol. The largest absolute Gasteiger partial charge is 0.395 e. The summed E-state index contributed by atoms with van der Waals surface area (Å²) in [5.74, 6) is -0.142. The van der Waals surface area contributed by atoms with Gasteiger partial charge in [-0.1, -0.05) is 12.1 Å². The van der Waals surface area contributed by atoms with Gasteiger partial charge in [0, 0.05) is 25.2 Å². The topological polar surface area (TPSA) is 35.5 Å². The van der Waals surface area contributed by atoms with Gasteiger partial charge in [-0.15, -0.1) is 0 Å². The van der Waals surface area contributed by atoms with Gasteiger partial charge in [0.15, 0.2) is 0 Å². The number of hydrogen-bond acceptors (Lipinski definition) is 3. The first-order valence-electron chi connectivity index (χ1n) is 7.44. The molecule has 4 heteroatoms. The van der Waals surface area contributed by atoms with Crippen LogP contribution in [0.2, 0.25) is 0 Å².